The maximum Gasteiger partial charge on any atom is 0.310 e. The first-order valence-electron chi connectivity index (χ1n) is 8.97. The summed E-state index contributed by atoms with van der Waals surface area (Å²) in [6.45, 7) is 0.134. The Balaban J connectivity index is 1.25. The van der Waals surface area contributed by atoms with E-state index in [1.807, 2.05) is 12.1 Å². The van der Waals surface area contributed by atoms with Crippen LogP contribution in [-0.2, 0) is 27.3 Å². The zero-order valence-corrected chi connectivity index (χ0v) is 15.7. The van der Waals surface area contributed by atoms with Crippen LogP contribution < -0.4 is 19.5 Å². The molecule has 0 unspecified atom stereocenters. The van der Waals surface area contributed by atoms with Gasteiger partial charge in [0.15, 0.2) is 18.1 Å². The summed E-state index contributed by atoms with van der Waals surface area (Å²) in [5, 5.41) is 3.50. The highest BCUT2D eigenvalue weighted by Crippen LogP contribution is 2.32. The summed E-state index contributed by atoms with van der Waals surface area (Å²) in [4.78, 5) is 24.0. The minimum atomic E-state index is -0.512. The van der Waals surface area contributed by atoms with E-state index in [1.54, 1.807) is 31.4 Å². The average Bonchev–Trinajstić information content (AvgIpc) is 3.36. The number of furan rings is 1. The molecule has 0 fully saturated rings. The van der Waals surface area contributed by atoms with E-state index in [-0.39, 0.29) is 19.8 Å². The first-order chi connectivity index (χ1) is 14.1. The van der Waals surface area contributed by atoms with Gasteiger partial charge in [-0.3, -0.25) is 9.59 Å². The molecule has 0 saturated heterocycles. The number of ether oxygens (including phenoxy) is 4. The van der Waals surface area contributed by atoms with Crippen molar-refractivity contribution in [3.8, 4) is 17.2 Å². The Kier molecular flexibility index (Phi) is 5.24. The maximum absolute atomic E-state index is 12.1. The first-order valence-corrected chi connectivity index (χ1v) is 8.97. The fourth-order valence-corrected chi connectivity index (χ4v) is 2.98. The molecule has 1 aliphatic heterocycles. The van der Waals surface area contributed by atoms with E-state index < -0.39 is 11.9 Å². The fourth-order valence-electron chi connectivity index (χ4n) is 2.98. The molecule has 0 saturated carbocycles. The Hall–Kier alpha value is -3.68. The topological polar surface area (TPSA) is 96.2 Å². The molecule has 4 rings (SSSR count). The average molecular weight is 397 g/mol. The Morgan fingerprint density at radius 3 is 2.83 bits per heavy atom. The number of amides is 1. The van der Waals surface area contributed by atoms with Gasteiger partial charge in [-0.1, -0.05) is 6.07 Å². The first kappa shape index (κ1) is 18.7. The number of hydrogen-bond acceptors (Lipinski definition) is 7. The second kappa shape index (κ2) is 8.14. The van der Waals surface area contributed by atoms with Crippen molar-refractivity contribution < 1.29 is 33.0 Å². The highest BCUT2D eigenvalue weighted by atomic mass is 16.7. The van der Waals surface area contributed by atoms with Gasteiger partial charge in [0.25, 0.3) is 5.91 Å². The van der Waals surface area contributed by atoms with Crippen molar-refractivity contribution in [1.29, 1.82) is 0 Å². The quantitative estimate of drug-likeness (QED) is 0.612. The summed E-state index contributed by atoms with van der Waals surface area (Å²) in [6.07, 6.45) is 1.51. The van der Waals surface area contributed by atoms with Crippen molar-refractivity contribution in [2.75, 3.05) is 20.5 Å². The van der Waals surface area contributed by atoms with E-state index in [0.29, 0.717) is 34.9 Å². The van der Waals surface area contributed by atoms with Crippen LogP contribution in [0.4, 0.5) is 0 Å². The van der Waals surface area contributed by atoms with Crippen LogP contribution in [-0.4, -0.2) is 32.4 Å². The van der Waals surface area contributed by atoms with Crippen LogP contribution in [0.3, 0.4) is 0 Å². The number of hydrogen-bond donors (Lipinski definition) is 1. The monoisotopic (exact) mass is 397 g/mol. The van der Waals surface area contributed by atoms with Gasteiger partial charge in [-0.05, 0) is 29.8 Å². The van der Waals surface area contributed by atoms with E-state index in [2.05, 4.69) is 5.32 Å². The SMILES string of the molecule is COc1ccc2c(CC(=O)OCC(=O)NCc3ccc4c(c3)OCO4)coc2c1. The third-order valence-corrected chi connectivity index (χ3v) is 4.49. The second-order valence-electron chi connectivity index (χ2n) is 6.42. The van der Waals surface area contributed by atoms with Gasteiger partial charge in [0.2, 0.25) is 6.79 Å². The smallest absolute Gasteiger partial charge is 0.310 e. The Labute approximate surface area is 166 Å². The number of carbonyl (C=O) groups is 2. The van der Waals surface area contributed by atoms with E-state index in [4.69, 9.17) is 23.4 Å². The maximum atomic E-state index is 12.1. The molecular weight excluding hydrogens is 378 g/mol. The number of rotatable bonds is 7. The number of methoxy groups -OCH3 is 1. The molecule has 0 atom stereocenters. The van der Waals surface area contributed by atoms with Gasteiger partial charge in [-0.15, -0.1) is 0 Å². The molecule has 1 amide bonds. The summed E-state index contributed by atoms with van der Waals surface area (Å²) >= 11 is 0. The molecule has 1 aliphatic rings. The predicted octanol–water partition coefficient (Wildman–Crippen LogP) is 2.57. The van der Waals surface area contributed by atoms with E-state index in [0.717, 1.165) is 10.9 Å². The molecule has 2 heterocycles. The third-order valence-electron chi connectivity index (χ3n) is 4.49. The summed E-state index contributed by atoms with van der Waals surface area (Å²) in [7, 11) is 1.57. The minimum absolute atomic E-state index is 0.00870. The van der Waals surface area contributed by atoms with E-state index >= 15 is 0 Å². The van der Waals surface area contributed by atoms with Crippen molar-refractivity contribution in [2.24, 2.45) is 0 Å². The van der Waals surface area contributed by atoms with Crippen LogP contribution >= 0.6 is 0 Å². The normalized spacial score (nSPS) is 12.0. The van der Waals surface area contributed by atoms with E-state index in [1.165, 1.54) is 6.26 Å². The summed E-state index contributed by atoms with van der Waals surface area (Å²) in [5.41, 5.74) is 2.16. The summed E-state index contributed by atoms with van der Waals surface area (Å²) in [6, 6.07) is 10.8. The zero-order valence-electron chi connectivity index (χ0n) is 15.7. The summed E-state index contributed by atoms with van der Waals surface area (Å²) < 4.78 is 26.2. The Morgan fingerprint density at radius 1 is 1.10 bits per heavy atom. The number of esters is 1. The molecule has 8 heteroatoms. The molecule has 0 spiro atoms. The van der Waals surface area contributed by atoms with Gasteiger partial charge in [-0.25, -0.2) is 0 Å². The number of nitrogens with one attached hydrogen (secondary N) is 1. The van der Waals surface area contributed by atoms with Crippen molar-refractivity contribution in [2.45, 2.75) is 13.0 Å². The van der Waals surface area contributed by atoms with Gasteiger partial charge in [0, 0.05) is 23.6 Å². The van der Waals surface area contributed by atoms with Gasteiger partial charge >= 0.3 is 5.97 Å². The largest absolute Gasteiger partial charge is 0.497 e. The number of carbonyl (C=O) groups excluding carboxylic acids is 2. The zero-order chi connectivity index (χ0) is 20.2. The van der Waals surface area contributed by atoms with Crippen molar-refractivity contribution in [3.63, 3.8) is 0 Å². The highest BCUT2D eigenvalue weighted by Gasteiger charge is 2.15. The predicted molar refractivity (Wildman–Crippen MR) is 102 cm³/mol. The van der Waals surface area contributed by atoms with Crippen LogP contribution in [0.2, 0.25) is 0 Å². The molecule has 1 aromatic heterocycles. The van der Waals surface area contributed by atoms with Crippen LogP contribution in [0.25, 0.3) is 11.0 Å². The standard InChI is InChI=1S/C21H19NO7/c1-25-15-3-4-16-14(10-26-18(16)8-15)7-21(24)27-11-20(23)22-9-13-2-5-17-19(6-13)29-12-28-17/h2-6,8,10H,7,9,11-12H2,1H3,(H,22,23). The van der Waals surface area contributed by atoms with Gasteiger partial charge in [0.05, 0.1) is 19.8 Å². The minimum Gasteiger partial charge on any atom is -0.497 e. The van der Waals surface area contributed by atoms with E-state index in [9.17, 15) is 9.59 Å². The fraction of sp³-hybridized carbons (Fsp3) is 0.238. The van der Waals surface area contributed by atoms with Crippen LogP contribution in [0.15, 0.2) is 47.1 Å². The lowest BCUT2D eigenvalue weighted by Gasteiger charge is -2.07. The van der Waals surface area contributed by atoms with Crippen LogP contribution in [0, 0.1) is 0 Å². The molecule has 1 N–H and O–H groups in total. The van der Waals surface area contributed by atoms with Gasteiger partial charge < -0.3 is 28.7 Å². The lowest BCUT2D eigenvalue weighted by molar-refractivity contribution is -0.147. The van der Waals surface area contributed by atoms with Crippen LogP contribution in [0.1, 0.15) is 11.1 Å². The molecule has 0 bridgehead atoms. The molecule has 29 heavy (non-hydrogen) atoms. The lowest BCUT2D eigenvalue weighted by Crippen LogP contribution is -2.28. The molecule has 2 aromatic carbocycles. The highest BCUT2D eigenvalue weighted by molar-refractivity contribution is 5.87. The van der Waals surface area contributed by atoms with Gasteiger partial charge in [-0.2, -0.15) is 0 Å². The second-order valence-corrected chi connectivity index (χ2v) is 6.42. The molecule has 0 aliphatic carbocycles. The van der Waals surface area contributed by atoms with Crippen molar-refractivity contribution >= 4 is 22.8 Å². The lowest BCUT2D eigenvalue weighted by atomic mass is 10.1. The van der Waals surface area contributed by atoms with Crippen molar-refractivity contribution in [3.05, 3.63) is 53.8 Å². The Morgan fingerprint density at radius 2 is 1.97 bits per heavy atom. The van der Waals surface area contributed by atoms with Gasteiger partial charge in [0.1, 0.15) is 11.3 Å². The molecular formula is C21H19NO7. The molecule has 3 aromatic rings. The molecule has 8 nitrogen and oxygen atoms in total. The molecule has 0 radical (unpaired) electrons. The molecule has 150 valence electrons. The number of fused-ring (bicyclic) bond motifs is 2. The Bertz CT molecular complexity index is 1060. The number of benzene rings is 2. The van der Waals surface area contributed by atoms with Crippen molar-refractivity contribution in [1.82, 2.24) is 5.32 Å². The third kappa shape index (κ3) is 4.26. The van der Waals surface area contributed by atoms with Crippen LogP contribution in [0.5, 0.6) is 17.2 Å². The summed E-state index contributed by atoms with van der Waals surface area (Å²) in [5.74, 6) is 1.09.